The molecule has 2 aromatic rings. The third kappa shape index (κ3) is 6.44. The number of hydrogen-bond acceptors (Lipinski definition) is 5. The molecule has 0 aliphatic heterocycles. The van der Waals surface area contributed by atoms with Crippen LogP contribution in [0.25, 0.3) is 0 Å². The lowest BCUT2D eigenvalue weighted by molar-refractivity contribution is -0.131. The van der Waals surface area contributed by atoms with E-state index in [1.807, 2.05) is 19.1 Å². The first kappa shape index (κ1) is 21.0. The van der Waals surface area contributed by atoms with Crippen molar-refractivity contribution in [2.75, 3.05) is 20.3 Å². The summed E-state index contributed by atoms with van der Waals surface area (Å²) in [4.78, 5) is 23.6. The molecule has 0 aromatic heterocycles. The maximum absolute atomic E-state index is 11.8. The fraction of sp³-hybridized carbons (Fsp3) is 0.222. The minimum atomic E-state index is -0.518. The Hall–Kier alpha value is -2.26. The zero-order valence-electron chi connectivity index (χ0n) is 14.7. The van der Waals surface area contributed by atoms with Crippen molar-refractivity contribution >= 4 is 43.7 Å². The summed E-state index contributed by atoms with van der Waals surface area (Å²) >= 11 is 6.76. The molecule has 2 amide bonds. The van der Waals surface area contributed by atoms with Gasteiger partial charge in [-0.25, -0.2) is 0 Å². The zero-order valence-corrected chi connectivity index (χ0v) is 17.8. The number of amides is 2. The highest BCUT2D eigenvalue weighted by Gasteiger charge is 2.11. The number of methoxy groups -OCH3 is 1. The van der Waals surface area contributed by atoms with Crippen LogP contribution in [-0.2, 0) is 9.59 Å². The van der Waals surface area contributed by atoms with Crippen LogP contribution in [0.1, 0.15) is 5.56 Å². The van der Waals surface area contributed by atoms with Gasteiger partial charge in [0.15, 0.2) is 24.7 Å². The van der Waals surface area contributed by atoms with Crippen molar-refractivity contribution in [1.82, 2.24) is 10.9 Å². The van der Waals surface area contributed by atoms with Crippen molar-refractivity contribution in [2.24, 2.45) is 0 Å². The Bertz CT molecular complexity index is 806. The fourth-order valence-corrected chi connectivity index (χ4v) is 3.66. The number of rotatable bonds is 7. The molecule has 0 aliphatic carbocycles. The van der Waals surface area contributed by atoms with Crippen LogP contribution in [-0.4, -0.2) is 32.1 Å². The van der Waals surface area contributed by atoms with Gasteiger partial charge in [-0.1, -0.05) is 28.1 Å². The van der Waals surface area contributed by atoms with Crippen molar-refractivity contribution in [3.8, 4) is 17.2 Å². The number of benzene rings is 2. The molecular weight excluding hydrogens is 484 g/mol. The number of hydrazine groups is 1. The fourth-order valence-electron chi connectivity index (χ4n) is 2.10. The molecule has 2 rings (SSSR count). The summed E-state index contributed by atoms with van der Waals surface area (Å²) in [6.45, 7) is 1.33. The molecule has 0 spiro atoms. The first-order valence-electron chi connectivity index (χ1n) is 7.82. The Morgan fingerprint density at radius 3 is 2.15 bits per heavy atom. The quantitative estimate of drug-likeness (QED) is 0.569. The molecule has 0 atom stereocenters. The number of ether oxygens (including phenoxy) is 3. The summed E-state index contributed by atoms with van der Waals surface area (Å²) in [5.74, 6) is 0.475. The van der Waals surface area contributed by atoms with E-state index in [1.54, 1.807) is 24.3 Å². The van der Waals surface area contributed by atoms with E-state index in [-0.39, 0.29) is 13.2 Å². The maximum atomic E-state index is 11.8. The molecular formula is C18H18Br2N2O5. The van der Waals surface area contributed by atoms with E-state index in [4.69, 9.17) is 14.2 Å². The van der Waals surface area contributed by atoms with Crippen LogP contribution in [0.15, 0.2) is 45.3 Å². The second-order valence-corrected chi connectivity index (χ2v) is 7.13. The Kier molecular flexibility index (Phi) is 7.93. The molecule has 0 aliphatic rings. The van der Waals surface area contributed by atoms with Crippen molar-refractivity contribution < 1.29 is 23.8 Å². The van der Waals surface area contributed by atoms with E-state index < -0.39 is 11.8 Å². The molecule has 144 valence electrons. The van der Waals surface area contributed by atoms with Gasteiger partial charge in [0.25, 0.3) is 11.8 Å². The Balaban J connectivity index is 1.76. The lowest BCUT2D eigenvalue weighted by atomic mass is 10.2. The molecule has 7 nitrogen and oxygen atoms in total. The Labute approximate surface area is 173 Å². The summed E-state index contributed by atoms with van der Waals surface area (Å²) in [6.07, 6.45) is 0. The average Bonchev–Trinajstić information content (AvgIpc) is 2.64. The molecule has 0 heterocycles. The van der Waals surface area contributed by atoms with E-state index in [0.29, 0.717) is 17.2 Å². The van der Waals surface area contributed by atoms with E-state index in [0.717, 1.165) is 14.5 Å². The summed E-state index contributed by atoms with van der Waals surface area (Å²) < 4.78 is 17.6. The van der Waals surface area contributed by atoms with Gasteiger partial charge in [0.1, 0.15) is 5.75 Å². The van der Waals surface area contributed by atoms with Crippen molar-refractivity contribution in [1.29, 1.82) is 0 Å². The van der Waals surface area contributed by atoms with Gasteiger partial charge >= 0.3 is 0 Å². The number of nitrogens with one attached hydrogen (secondary N) is 2. The van der Waals surface area contributed by atoms with E-state index in [2.05, 4.69) is 42.7 Å². The summed E-state index contributed by atoms with van der Waals surface area (Å²) in [5, 5.41) is 0. The first-order chi connectivity index (χ1) is 12.9. The smallest absolute Gasteiger partial charge is 0.276 e. The van der Waals surface area contributed by atoms with Crippen LogP contribution in [0.4, 0.5) is 0 Å². The van der Waals surface area contributed by atoms with Gasteiger partial charge < -0.3 is 14.2 Å². The summed E-state index contributed by atoms with van der Waals surface area (Å²) in [5.41, 5.74) is 5.39. The van der Waals surface area contributed by atoms with Gasteiger partial charge in [0.2, 0.25) is 0 Å². The van der Waals surface area contributed by atoms with Crippen molar-refractivity contribution in [2.45, 2.75) is 6.92 Å². The number of aryl methyl sites for hydroxylation is 1. The van der Waals surface area contributed by atoms with E-state index in [9.17, 15) is 9.59 Å². The summed E-state index contributed by atoms with van der Waals surface area (Å²) in [7, 11) is 1.51. The molecule has 2 aromatic carbocycles. The maximum Gasteiger partial charge on any atom is 0.276 e. The van der Waals surface area contributed by atoms with Crippen molar-refractivity contribution in [3.63, 3.8) is 0 Å². The molecule has 0 saturated heterocycles. The van der Waals surface area contributed by atoms with E-state index in [1.165, 1.54) is 7.11 Å². The minimum Gasteiger partial charge on any atom is -0.493 e. The Morgan fingerprint density at radius 1 is 0.963 bits per heavy atom. The van der Waals surface area contributed by atoms with Gasteiger partial charge in [0, 0.05) is 4.47 Å². The monoisotopic (exact) mass is 500 g/mol. The number of carbonyl (C=O) groups excluding carboxylic acids is 2. The lowest BCUT2D eigenvalue weighted by Crippen LogP contribution is -2.45. The zero-order chi connectivity index (χ0) is 19.8. The molecule has 0 radical (unpaired) electrons. The highest BCUT2D eigenvalue weighted by molar-refractivity contribution is 9.11. The van der Waals surface area contributed by atoms with Crippen LogP contribution in [0, 0.1) is 6.92 Å². The number of carbonyl (C=O) groups is 2. The largest absolute Gasteiger partial charge is 0.493 e. The van der Waals surface area contributed by atoms with Gasteiger partial charge in [-0.15, -0.1) is 0 Å². The standard InChI is InChI=1S/C18H18Br2N2O5/c1-11-7-12(19)8-13(20)18(11)27-10-17(24)22-21-16(23)9-26-15-6-4-3-5-14(15)25-2/h3-8H,9-10H2,1-2H3,(H,21,23)(H,22,24). The molecule has 0 bridgehead atoms. The van der Waals surface area contributed by atoms with Crippen LogP contribution in [0.5, 0.6) is 17.2 Å². The number of halogens is 2. The topological polar surface area (TPSA) is 85.9 Å². The third-order valence-corrected chi connectivity index (χ3v) is 4.36. The van der Waals surface area contributed by atoms with Gasteiger partial charge in [-0.2, -0.15) is 0 Å². The van der Waals surface area contributed by atoms with Crippen LogP contribution in [0.3, 0.4) is 0 Å². The minimum absolute atomic E-state index is 0.255. The normalized spacial score (nSPS) is 10.1. The van der Waals surface area contributed by atoms with Crippen molar-refractivity contribution in [3.05, 3.63) is 50.9 Å². The van der Waals surface area contributed by atoms with Gasteiger partial charge in [-0.05, 0) is 52.7 Å². The summed E-state index contributed by atoms with van der Waals surface area (Å²) in [6, 6.07) is 10.6. The van der Waals surface area contributed by atoms with Crippen LogP contribution in [0.2, 0.25) is 0 Å². The highest BCUT2D eigenvalue weighted by atomic mass is 79.9. The lowest BCUT2D eigenvalue weighted by Gasteiger charge is -2.13. The molecule has 9 heteroatoms. The molecule has 0 unspecified atom stereocenters. The predicted molar refractivity (Wildman–Crippen MR) is 107 cm³/mol. The van der Waals surface area contributed by atoms with E-state index >= 15 is 0 Å². The predicted octanol–water partition coefficient (Wildman–Crippen LogP) is 3.13. The number of hydrogen-bond donors (Lipinski definition) is 2. The molecule has 0 fully saturated rings. The first-order valence-corrected chi connectivity index (χ1v) is 9.41. The van der Waals surface area contributed by atoms with Gasteiger partial charge in [-0.3, -0.25) is 20.4 Å². The molecule has 0 saturated carbocycles. The molecule has 27 heavy (non-hydrogen) atoms. The molecule has 2 N–H and O–H groups in total. The van der Waals surface area contributed by atoms with Crippen LogP contribution < -0.4 is 25.1 Å². The second-order valence-electron chi connectivity index (χ2n) is 5.36. The highest BCUT2D eigenvalue weighted by Crippen LogP contribution is 2.32. The third-order valence-electron chi connectivity index (χ3n) is 3.31. The van der Waals surface area contributed by atoms with Crippen LogP contribution >= 0.6 is 31.9 Å². The Morgan fingerprint density at radius 2 is 1.56 bits per heavy atom. The average molecular weight is 502 g/mol. The van der Waals surface area contributed by atoms with Gasteiger partial charge in [0.05, 0.1) is 11.6 Å². The second kappa shape index (κ2) is 10.2. The SMILES string of the molecule is COc1ccccc1OCC(=O)NNC(=O)COc1c(C)cc(Br)cc1Br. The number of para-hydroxylation sites is 2.